The topological polar surface area (TPSA) is 69.7 Å². The summed E-state index contributed by atoms with van der Waals surface area (Å²) >= 11 is 0. The van der Waals surface area contributed by atoms with Gasteiger partial charge in [0.05, 0.1) is 4.90 Å². The van der Waals surface area contributed by atoms with Gasteiger partial charge in [-0.3, -0.25) is 4.79 Å². The van der Waals surface area contributed by atoms with E-state index >= 15 is 0 Å². The van der Waals surface area contributed by atoms with Gasteiger partial charge in [-0.15, -0.1) is 12.4 Å². The van der Waals surface area contributed by atoms with Crippen LogP contribution < -0.4 is 5.32 Å². The van der Waals surface area contributed by atoms with Crippen LogP contribution in [0.25, 0.3) is 0 Å². The molecule has 1 amide bonds. The Bertz CT molecular complexity index is 933. The lowest BCUT2D eigenvalue weighted by molar-refractivity contribution is -0.119. The molecule has 2 aromatic rings. The molecule has 1 heterocycles. The number of nitrogens with zero attached hydrogens (tertiary/aromatic N) is 2. The Hall–Kier alpha value is -1.93. The number of carbonyl (C=O) groups is 1. The molecular weight excluding hydrogens is 446 g/mol. The summed E-state index contributed by atoms with van der Waals surface area (Å²) in [7, 11) is -1.86. The third kappa shape index (κ3) is 7.30. The van der Waals surface area contributed by atoms with Gasteiger partial charge in [0.2, 0.25) is 15.9 Å². The van der Waals surface area contributed by atoms with E-state index in [1.165, 1.54) is 4.31 Å². The van der Waals surface area contributed by atoms with E-state index in [0.29, 0.717) is 11.4 Å². The van der Waals surface area contributed by atoms with E-state index in [-0.39, 0.29) is 30.3 Å². The number of rotatable bonds is 9. The zero-order valence-electron chi connectivity index (χ0n) is 18.8. The lowest BCUT2D eigenvalue weighted by atomic mass is 9.94. The molecule has 0 radical (unpaired) electrons. The molecule has 0 aromatic heterocycles. The molecule has 1 aliphatic rings. The van der Waals surface area contributed by atoms with Gasteiger partial charge in [-0.25, -0.2) is 12.7 Å². The van der Waals surface area contributed by atoms with Gasteiger partial charge < -0.3 is 10.2 Å². The number of hydrogen-bond donors (Lipinski definition) is 1. The summed E-state index contributed by atoms with van der Waals surface area (Å²) in [5.41, 5.74) is 1.16. The van der Waals surface area contributed by atoms with Crippen molar-refractivity contribution in [3.63, 3.8) is 0 Å². The average molecular weight is 480 g/mol. The molecule has 1 unspecified atom stereocenters. The molecule has 6 nitrogen and oxygen atoms in total. The Balaban J connectivity index is 0.00000363. The number of nitrogens with one attached hydrogen (secondary N) is 1. The highest BCUT2D eigenvalue weighted by atomic mass is 35.5. The summed E-state index contributed by atoms with van der Waals surface area (Å²) in [6.45, 7) is 4.81. The number of likely N-dealkylation sites (tertiary alicyclic amines) is 1. The summed E-state index contributed by atoms with van der Waals surface area (Å²) in [6.07, 6.45) is 2.79. The van der Waals surface area contributed by atoms with Crippen LogP contribution in [0, 0.1) is 0 Å². The highest BCUT2D eigenvalue weighted by Crippen LogP contribution is 2.25. The zero-order valence-corrected chi connectivity index (χ0v) is 20.4. The smallest absolute Gasteiger partial charge is 0.242 e. The molecule has 0 bridgehead atoms. The summed E-state index contributed by atoms with van der Waals surface area (Å²) < 4.78 is 27.5. The molecule has 0 spiro atoms. The molecule has 2 aromatic carbocycles. The van der Waals surface area contributed by atoms with Gasteiger partial charge in [0.1, 0.15) is 0 Å². The predicted molar refractivity (Wildman–Crippen MR) is 131 cm³/mol. The maximum atomic E-state index is 13.0. The lowest BCUT2D eigenvalue weighted by Gasteiger charge is -2.33. The van der Waals surface area contributed by atoms with Crippen molar-refractivity contribution in [1.29, 1.82) is 0 Å². The van der Waals surface area contributed by atoms with Crippen molar-refractivity contribution in [2.24, 2.45) is 0 Å². The van der Waals surface area contributed by atoms with Crippen LogP contribution in [0.2, 0.25) is 0 Å². The predicted octanol–water partition coefficient (Wildman–Crippen LogP) is 3.50. The number of piperidine rings is 1. The van der Waals surface area contributed by atoms with Gasteiger partial charge in [0, 0.05) is 39.6 Å². The second-order valence-electron chi connectivity index (χ2n) is 8.31. The fourth-order valence-electron chi connectivity index (χ4n) is 4.20. The molecule has 1 atom stereocenters. The Labute approximate surface area is 198 Å². The van der Waals surface area contributed by atoms with E-state index in [0.717, 1.165) is 44.5 Å². The first-order valence-electron chi connectivity index (χ1n) is 10.9. The van der Waals surface area contributed by atoms with E-state index in [2.05, 4.69) is 22.3 Å². The molecule has 0 saturated carbocycles. The van der Waals surface area contributed by atoms with E-state index in [1.54, 1.807) is 38.2 Å². The molecule has 8 heteroatoms. The molecule has 32 heavy (non-hydrogen) atoms. The van der Waals surface area contributed by atoms with E-state index < -0.39 is 10.0 Å². The van der Waals surface area contributed by atoms with E-state index in [1.807, 2.05) is 24.3 Å². The molecule has 176 valence electrons. The van der Waals surface area contributed by atoms with E-state index in [4.69, 9.17) is 0 Å². The minimum absolute atomic E-state index is 0. The van der Waals surface area contributed by atoms with Crippen LogP contribution in [-0.4, -0.2) is 62.8 Å². The third-order valence-corrected chi connectivity index (χ3v) is 7.83. The number of carbonyl (C=O) groups excluding carboxylic acids is 1. The monoisotopic (exact) mass is 479 g/mol. The molecule has 1 saturated heterocycles. The Morgan fingerprint density at radius 2 is 1.62 bits per heavy atom. The van der Waals surface area contributed by atoms with Crippen LogP contribution in [0.15, 0.2) is 65.6 Å². The fraction of sp³-hybridized carbons (Fsp3) is 0.458. The molecule has 1 aliphatic heterocycles. The zero-order chi connectivity index (χ0) is 22.3. The van der Waals surface area contributed by atoms with Gasteiger partial charge >= 0.3 is 0 Å². The van der Waals surface area contributed by atoms with Crippen molar-refractivity contribution in [2.45, 2.75) is 43.0 Å². The fourth-order valence-corrected chi connectivity index (χ4v) is 5.43. The second-order valence-corrected chi connectivity index (χ2v) is 10.4. The number of likely N-dealkylation sites (N-methyl/N-ethyl adjacent to an activating group) is 1. The maximum absolute atomic E-state index is 13.0. The van der Waals surface area contributed by atoms with Gasteiger partial charge in [0.15, 0.2) is 0 Å². The van der Waals surface area contributed by atoms with Gasteiger partial charge in [-0.1, -0.05) is 48.5 Å². The quantitative estimate of drug-likeness (QED) is 0.597. The van der Waals surface area contributed by atoms with Crippen molar-refractivity contribution in [3.05, 3.63) is 66.2 Å². The van der Waals surface area contributed by atoms with Gasteiger partial charge in [-0.2, -0.15) is 0 Å². The van der Waals surface area contributed by atoms with E-state index in [9.17, 15) is 13.2 Å². The normalized spacial score (nSPS) is 16.3. The van der Waals surface area contributed by atoms with Crippen LogP contribution >= 0.6 is 12.4 Å². The molecule has 0 aliphatic carbocycles. The number of halogens is 1. The third-order valence-electron chi connectivity index (χ3n) is 5.99. The number of sulfonamides is 1. The first-order valence-corrected chi connectivity index (χ1v) is 12.4. The Kier molecular flexibility index (Phi) is 10.2. The molecule has 3 rings (SSSR count). The van der Waals surface area contributed by atoms with Crippen molar-refractivity contribution < 1.29 is 13.2 Å². The summed E-state index contributed by atoms with van der Waals surface area (Å²) in [6, 6.07) is 19.0. The Morgan fingerprint density at radius 3 is 2.19 bits per heavy atom. The first-order chi connectivity index (χ1) is 14.9. The minimum atomic E-state index is -3.52. The summed E-state index contributed by atoms with van der Waals surface area (Å²) in [5.74, 6) is 0.142. The number of hydrogen-bond acceptors (Lipinski definition) is 4. The summed E-state index contributed by atoms with van der Waals surface area (Å²) in [4.78, 5) is 14.0. The lowest BCUT2D eigenvalue weighted by Crippen LogP contribution is -2.44. The molecule has 1 N–H and O–H groups in total. The van der Waals surface area contributed by atoms with Gasteiger partial charge in [0.25, 0.3) is 0 Å². The first kappa shape index (κ1) is 26.3. The Morgan fingerprint density at radius 1 is 1.06 bits per heavy atom. The van der Waals surface area contributed by atoms with Crippen LogP contribution in [0.4, 0.5) is 0 Å². The SMILES string of the molecule is CC(=O)NC1CCN(CCC(CN(C)S(=O)(=O)c2ccccc2)c2ccccc2)CC1.Cl. The maximum Gasteiger partial charge on any atom is 0.242 e. The van der Waals surface area contributed by atoms with Crippen LogP contribution in [-0.2, 0) is 14.8 Å². The van der Waals surface area contributed by atoms with Crippen molar-refractivity contribution in [2.75, 3.05) is 33.2 Å². The van der Waals surface area contributed by atoms with Gasteiger partial charge in [-0.05, 0) is 49.4 Å². The standard InChI is InChI=1S/C24H33N3O3S.ClH/c1-20(28)25-23-14-17-27(18-15-23)16-13-22(21-9-5-3-6-10-21)19-26(2)31(29,30)24-11-7-4-8-12-24;/h3-12,22-23H,13-19H2,1-2H3,(H,25,28);1H. The minimum Gasteiger partial charge on any atom is -0.354 e. The van der Waals surface area contributed by atoms with Crippen LogP contribution in [0.1, 0.15) is 37.7 Å². The highest BCUT2D eigenvalue weighted by Gasteiger charge is 2.26. The largest absolute Gasteiger partial charge is 0.354 e. The van der Waals surface area contributed by atoms with Crippen LogP contribution in [0.3, 0.4) is 0 Å². The molecule has 1 fully saturated rings. The average Bonchev–Trinajstić information content (AvgIpc) is 2.78. The number of benzene rings is 2. The second kappa shape index (κ2) is 12.3. The molecular formula is C24H34ClN3O3S. The van der Waals surface area contributed by atoms with Crippen molar-refractivity contribution >= 4 is 28.3 Å². The number of amides is 1. The van der Waals surface area contributed by atoms with Crippen molar-refractivity contribution in [3.8, 4) is 0 Å². The van der Waals surface area contributed by atoms with Crippen molar-refractivity contribution in [1.82, 2.24) is 14.5 Å². The summed E-state index contributed by atoms with van der Waals surface area (Å²) in [5, 5.41) is 3.01. The highest BCUT2D eigenvalue weighted by molar-refractivity contribution is 7.89. The van der Waals surface area contributed by atoms with Crippen LogP contribution in [0.5, 0.6) is 0 Å².